The summed E-state index contributed by atoms with van der Waals surface area (Å²) in [5.41, 5.74) is 1.37. The first-order valence-corrected chi connectivity index (χ1v) is 10.8. The number of benzene rings is 1. The fraction of sp³-hybridized carbons (Fsp3) is 0.682. The van der Waals surface area contributed by atoms with E-state index in [0.717, 1.165) is 72.1 Å². The van der Waals surface area contributed by atoms with E-state index in [2.05, 4.69) is 45.4 Å². The van der Waals surface area contributed by atoms with Crippen molar-refractivity contribution in [3.05, 3.63) is 35.9 Å². The number of likely N-dealkylation sites (tertiary alicyclic amines) is 1. The Morgan fingerprint density at radius 3 is 2.64 bits per heavy atom. The second-order valence-electron chi connectivity index (χ2n) is 7.94. The van der Waals surface area contributed by atoms with Crippen molar-refractivity contribution in [2.45, 2.75) is 26.3 Å². The SMILES string of the molecule is CCOCCN1CCN(C(=O)NCC2CCCN(Cc3ccccc3)C2)CC1. The molecule has 156 valence electrons. The second kappa shape index (κ2) is 11.4. The Kier molecular flexibility index (Phi) is 8.58. The fourth-order valence-corrected chi connectivity index (χ4v) is 4.16. The van der Waals surface area contributed by atoms with Crippen LogP contribution in [0.3, 0.4) is 0 Å². The third-order valence-corrected chi connectivity index (χ3v) is 5.81. The van der Waals surface area contributed by atoms with E-state index in [1.165, 1.54) is 18.4 Å². The van der Waals surface area contributed by atoms with Crippen LogP contribution < -0.4 is 5.32 Å². The third kappa shape index (κ3) is 6.76. The summed E-state index contributed by atoms with van der Waals surface area (Å²) >= 11 is 0. The van der Waals surface area contributed by atoms with Crippen LogP contribution in [0.25, 0.3) is 0 Å². The number of carbonyl (C=O) groups is 1. The lowest BCUT2D eigenvalue weighted by atomic mass is 9.97. The minimum atomic E-state index is 0.102. The highest BCUT2D eigenvalue weighted by Gasteiger charge is 2.23. The number of nitrogens with zero attached hydrogens (tertiary/aromatic N) is 3. The van der Waals surface area contributed by atoms with Gasteiger partial charge in [-0.05, 0) is 37.8 Å². The standard InChI is InChI=1S/C22H36N4O2/c1-2-28-16-15-24-11-13-26(14-12-24)22(27)23-17-21-9-6-10-25(19-21)18-20-7-4-3-5-8-20/h3-5,7-8,21H,2,6,9-19H2,1H3,(H,23,27). The van der Waals surface area contributed by atoms with Gasteiger partial charge in [0.05, 0.1) is 6.61 Å². The summed E-state index contributed by atoms with van der Waals surface area (Å²) in [5, 5.41) is 3.19. The maximum Gasteiger partial charge on any atom is 0.317 e. The van der Waals surface area contributed by atoms with Gasteiger partial charge in [0.25, 0.3) is 0 Å². The minimum Gasteiger partial charge on any atom is -0.380 e. The molecule has 1 unspecified atom stereocenters. The predicted molar refractivity (Wildman–Crippen MR) is 112 cm³/mol. The van der Waals surface area contributed by atoms with E-state index in [1.54, 1.807) is 0 Å². The summed E-state index contributed by atoms with van der Waals surface area (Å²) in [5.74, 6) is 0.550. The van der Waals surface area contributed by atoms with Crippen LogP contribution in [0.1, 0.15) is 25.3 Å². The molecule has 2 aliphatic heterocycles. The van der Waals surface area contributed by atoms with Crippen molar-refractivity contribution in [3.63, 3.8) is 0 Å². The van der Waals surface area contributed by atoms with Gasteiger partial charge >= 0.3 is 6.03 Å². The number of piperazine rings is 1. The molecule has 0 aromatic heterocycles. The van der Waals surface area contributed by atoms with Gasteiger partial charge in [0.1, 0.15) is 0 Å². The molecule has 0 bridgehead atoms. The zero-order valence-electron chi connectivity index (χ0n) is 17.3. The molecule has 6 heteroatoms. The molecular formula is C22H36N4O2. The number of nitrogens with one attached hydrogen (secondary N) is 1. The highest BCUT2D eigenvalue weighted by molar-refractivity contribution is 5.74. The average Bonchev–Trinajstić information content (AvgIpc) is 2.74. The van der Waals surface area contributed by atoms with E-state index in [9.17, 15) is 4.79 Å². The van der Waals surface area contributed by atoms with Crippen LogP contribution in [0, 0.1) is 5.92 Å². The van der Waals surface area contributed by atoms with Crippen molar-refractivity contribution in [2.75, 3.05) is 65.6 Å². The first-order chi connectivity index (χ1) is 13.7. The molecule has 2 saturated heterocycles. The summed E-state index contributed by atoms with van der Waals surface area (Å²) in [4.78, 5) is 19.4. The van der Waals surface area contributed by atoms with Gasteiger partial charge in [-0.25, -0.2) is 4.79 Å². The minimum absolute atomic E-state index is 0.102. The van der Waals surface area contributed by atoms with E-state index >= 15 is 0 Å². The molecule has 0 saturated carbocycles. The molecule has 1 aromatic carbocycles. The molecule has 0 spiro atoms. The van der Waals surface area contributed by atoms with E-state index in [1.807, 2.05) is 11.8 Å². The molecule has 2 fully saturated rings. The van der Waals surface area contributed by atoms with Gasteiger partial charge in [-0.1, -0.05) is 30.3 Å². The lowest BCUT2D eigenvalue weighted by Crippen LogP contribution is -2.53. The Balaban J connectivity index is 1.34. The lowest BCUT2D eigenvalue weighted by molar-refractivity contribution is 0.0875. The molecule has 1 N–H and O–H groups in total. The number of piperidine rings is 1. The van der Waals surface area contributed by atoms with Crippen LogP contribution in [0.2, 0.25) is 0 Å². The Bertz CT molecular complexity index is 575. The van der Waals surface area contributed by atoms with Crippen molar-refractivity contribution in [3.8, 4) is 0 Å². The molecular weight excluding hydrogens is 352 g/mol. The van der Waals surface area contributed by atoms with Crippen LogP contribution in [0.4, 0.5) is 4.79 Å². The largest absolute Gasteiger partial charge is 0.380 e. The number of rotatable bonds is 8. The Morgan fingerprint density at radius 2 is 1.89 bits per heavy atom. The molecule has 2 heterocycles. The van der Waals surface area contributed by atoms with Crippen molar-refractivity contribution >= 4 is 6.03 Å². The predicted octanol–water partition coefficient (Wildman–Crippen LogP) is 2.26. The molecule has 6 nitrogen and oxygen atoms in total. The Morgan fingerprint density at radius 1 is 1.11 bits per heavy atom. The molecule has 3 rings (SSSR count). The zero-order chi connectivity index (χ0) is 19.6. The molecule has 2 aliphatic rings. The van der Waals surface area contributed by atoms with E-state index in [4.69, 9.17) is 4.74 Å². The quantitative estimate of drug-likeness (QED) is 0.694. The van der Waals surface area contributed by atoms with Gasteiger partial charge < -0.3 is 15.0 Å². The molecule has 2 amide bonds. The molecule has 0 aliphatic carbocycles. The van der Waals surface area contributed by atoms with Crippen molar-refractivity contribution in [2.24, 2.45) is 5.92 Å². The average molecular weight is 389 g/mol. The van der Waals surface area contributed by atoms with E-state index < -0.39 is 0 Å². The summed E-state index contributed by atoms with van der Waals surface area (Å²) in [6.07, 6.45) is 2.42. The van der Waals surface area contributed by atoms with E-state index in [0.29, 0.717) is 5.92 Å². The van der Waals surface area contributed by atoms with Gasteiger partial charge in [0.2, 0.25) is 0 Å². The van der Waals surface area contributed by atoms with E-state index in [-0.39, 0.29) is 6.03 Å². The lowest BCUT2D eigenvalue weighted by Gasteiger charge is -2.36. The summed E-state index contributed by atoms with van der Waals surface area (Å²) in [6.45, 7) is 12.1. The Hall–Kier alpha value is -1.63. The number of ether oxygens (including phenoxy) is 1. The van der Waals surface area contributed by atoms with Crippen LogP contribution >= 0.6 is 0 Å². The summed E-state index contributed by atoms with van der Waals surface area (Å²) in [6, 6.07) is 10.8. The fourth-order valence-electron chi connectivity index (χ4n) is 4.16. The van der Waals surface area contributed by atoms with Crippen LogP contribution in [0.15, 0.2) is 30.3 Å². The third-order valence-electron chi connectivity index (χ3n) is 5.81. The van der Waals surface area contributed by atoms with Gasteiger partial charge in [-0.15, -0.1) is 0 Å². The van der Waals surface area contributed by atoms with Crippen molar-refractivity contribution in [1.82, 2.24) is 20.0 Å². The zero-order valence-corrected chi connectivity index (χ0v) is 17.3. The number of urea groups is 1. The first kappa shape index (κ1) is 21.1. The molecule has 28 heavy (non-hydrogen) atoms. The number of hydrogen-bond donors (Lipinski definition) is 1. The summed E-state index contributed by atoms with van der Waals surface area (Å²) in [7, 11) is 0. The molecule has 1 aromatic rings. The van der Waals surface area contributed by atoms with Crippen LogP contribution in [-0.4, -0.2) is 86.3 Å². The number of hydrogen-bond acceptors (Lipinski definition) is 4. The van der Waals surface area contributed by atoms with Crippen LogP contribution in [-0.2, 0) is 11.3 Å². The van der Waals surface area contributed by atoms with Gasteiger partial charge in [0.15, 0.2) is 0 Å². The van der Waals surface area contributed by atoms with Gasteiger partial charge in [-0.2, -0.15) is 0 Å². The normalized spacial score (nSPS) is 21.6. The highest BCUT2D eigenvalue weighted by Crippen LogP contribution is 2.18. The summed E-state index contributed by atoms with van der Waals surface area (Å²) < 4.78 is 5.42. The number of amides is 2. The van der Waals surface area contributed by atoms with Crippen LogP contribution in [0.5, 0.6) is 0 Å². The second-order valence-corrected chi connectivity index (χ2v) is 7.94. The van der Waals surface area contributed by atoms with Crippen molar-refractivity contribution < 1.29 is 9.53 Å². The topological polar surface area (TPSA) is 48.1 Å². The smallest absolute Gasteiger partial charge is 0.317 e. The monoisotopic (exact) mass is 388 g/mol. The molecule has 0 radical (unpaired) electrons. The highest BCUT2D eigenvalue weighted by atomic mass is 16.5. The Labute approximate surface area is 169 Å². The maximum atomic E-state index is 12.5. The first-order valence-electron chi connectivity index (χ1n) is 10.8. The maximum absolute atomic E-state index is 12.5. The van der Waals surface area contributed by atoms with Crippen molar-refractivity contribution in [1.29, 1.82) is 0 Å². The van der Waals surface area contributed by atoms with Gasteiger partial charge in [-0.3, -0.25) is 9.80 Å². The van der Waals surface area contributed by atoms with Gasteiger partial charge in [0, 0.05) is 59.0 Å². The molecule has 1 atom stereocenters. The number of carbonyl (C=O) groups excluding carboxylic acids is 1.